The molecule has 0 saturated carbocycles. The summed E-state index contributed by atoms with van der Waals surface area (Å²) >= 11 is 0. The number of hydrogen-bond donors (Lipinski definition) is 12. The van der Waals surface area contributed by atoms with Gasteiger partial charge in [-0.25, -0.2) is 14.9 Å². The second kappa shape index (κ2) is 27.8. The second-order valence-electron chi connectivity index (χ2n) is 15.9. The summed E-state index contributed by atoms with van der Waals surface area (Å²) in [6, 6.07) is 3.88. The van der Waals surface area contributed by atoms with E-state index in [1.54, 1.807) is 51.1 Å². The van der Waals surface area contributed by atoms with E-state index in [0.717, 1.165) is 0 Å². The van der Waals surface area contributed by atoms with Crippen LogP contribution in [0.3, 0.4) is 0 Å². The molecule has 2 aromatic rings. The van der Waals surface area contributed by atoms with Crippen LogP contribution in [0.4, 0.5) is 5.69 Å². The first-order chi connectivity index (χ1) is 31.6. The van der Waals surface area contributed by atoms with Gasteiger partial charge < -0.3 is 59.3 Å². The molecule has 0 saturated heterocycles. The van der Waals surface area contributed by atoms with Crippen molar-refractivity contribution in [3.05, 3.63) is 75.8 Å². The van der Waals surface area contributed by atoms with E-state index < -0.39 is 120 Å². The Hall–Kier alpha value is -7.37. The van der Waals surface area contributed by atoms with Gasteiger partial charge in [0.25, 0.3) is 5.91 Å². The zero-order chi connectivity index (χ0) is 50.4. The third-order valence-corrected chi connectivity index (χ3v) is 10.7. The second-order valence-corrected chi connectivity index (χ2v) is 15.9. The topological polar surface area (TPSA) is 397 Å². The molecule has 0 radical (unpaired) electrons. The number of guanidine groups is 1. The van der Waals surface area contributed by atoms with Crippen molar-refractivity contribution in [2.24, 2.45) is 17.4 Å². The molecule has 0 bridgehead atoms. The summed E-state index contributed by atoms with van der Waals surface area (Å²) < 4.78 is 0. The van der Waals surface area contributed by atoms with Gasteiger partial charge in [0, 0.05) is 25.1 Å². The Kier molecular flexibility index (Phi) is 23.2. The molecule has 7 amide bonds. The van der Waals surface area contributed by atoms with Crippen LogP contribution in [0.1, 0.15) is 95.0 Å². The monoisotopic (exact) mass is 940 g/mol. The lowest BCUT2D eigenvalue weighted by Crippen LogP contribution is -2.63. The van der Waals surface area contributed by atoms with E-state index in [1.165, 1.54) is 31.2 Å². The molecule has 0 aliphatic rings. The number of carboxylic acid groups (broad SMARTS) is 1. The molecule has 0 heterocycles. The van der Waals surface area contributed by atoms with E-state index in [4.69, 9.17) is 22.6 Å². The fourth-order valence-corrected chi connectivity index (χ4v) is 6.72. The van der Waals surface area contributed by atoms with Gasteiger partial charge in [0.1, 0.15) is 30.2 Å². The van der Waals surface area contributed by atoms with Crippen molar-refractivity contribution in [2.45, 2.75) is 128 Å². The highest BCUT2D eigenvalue weighted by atomic mass is 16.7. The van der Waals surface area contributed by atoms with Crippen LogP contribution in [0, 0.1) is 21.4 Å². The Morgan fingerprint density at radius 2 is 1.34 bits per heavy atom. The maximum absolute atomic E-state index is 14.5. The van der Waals surface area contributed by atoms with Crippen LogP contribution in [0.25, 0.3) is 0 Å². The highest BCUT2D eigenvalue weighted by Crippen LogP contribution is 2.18. The Bertz CT molecular complexity index is 2060. The van der Waals surface area contributed by atoms with Gasteiger partial charge in [-0.15, -0.1) is 0 Å². The van der Waals surface area contributed by atoms with Crippen LogP contribution < -0.4 is 49.1 Å². The first kappa shape index (κ1) is 55.8. The Morgan fingerprint density at radius 3 is 1.90 bits per heavy atom. The summed E-state index contributed by atoms with van der Waals surface area (Å²) in [5.74, 6) is -9.79. The molecule has 0 aromatic heterocycles. The highest BCUT2D eigenvalue weighted by molar-refractivity contribution is 6.02. The van der Waals surface area contributed by atoms with Gasteiger partial charge in [-0.1, -0.05) is 82.5 Å². The number of nitrogen functional groups attached to an aromatic ring is 1. The van der Waals surface area contributed by atoms with E-state index >= 15 is 0 Å². The van der Waals surface area contributed by atoms with E-state index in [1.807, 2.05) is 0 Å². The minimum atomic E-state index is -2.03. The Labute approximate surface area is 387 Å². The normalized spacial score (nSPS) is 14.5. The number of carbonyl (C=O) groups is 8. The number of benzene rings is 2. The fourth-order valence-electron chi connectivity index (χ4n) is 6.72. The molecule has 0 fully saturated rings. The van der Waals surface area contributed by atoms with Crippen LogP contribution in [-0.4, -0.2) is 122 Å². The minimum absolute atomic E-state index is 0.0203. The van der Waals surface area contributed by atoms with Crippen molar-refractivity contribution in [1.29, 1.82) is 5.41 Å². The van der Waals surface area contributed by atoms with Crippen molar-refractivity contribution in [3.63, 3.8) is 0 Å². The molecule has 67 heavy (non-hydrogen) atoms. The predicted octanol–water partition coefficient (Wildman–Crippen LogP) is -0.832. The number of nitro groups is 1. The number of unbranched alkanes of at least 4 members (excludes halogenated alkanes) is 1. The summed E-state index contributed by atoms with van der Waals surface area (Å²) in [5, 5.41) is 54.1. The number of amides is 7. The van der Waals surface area contributed by atoms with Gasteiger partial charge in [-0.2, -0.15) is 0 Å². The van der Waals surface area contributed by atoms with Crippen LogP contribution >= 0.6 is 0 Å². The minimum Gasteiger partial charge on any atom is -0.480 e. The molecule has 0 unspecified atom stereocenters. The lowest BCUT2D eigenvalue weighted by atomic mass is 9.96. The maximum atomic E-state index is 14.5. The molecular formula is C43H64N12O12. The lowest BCUT2D eigenvalue weighted by Gasteiger charge is -2.30. The van der Waals surface area contributed by atoms with Gasteiger partial charge >= 0.3 is 11.9 Å². The SMILES string of the molecule is CCCC[C@H](NC(=O)[C@@H](NC(=O)[C@@H](NC(=O)c1ccccc1N)[C@@H](C)O)[C@@H](C)CC)C(=O)N([C@@H](Cc1ccccc1)C(=O)N[C@@H](CCC(N)=O)C(=O)N[C@@H](CCCNC(=N)N)C(=O)O)[N+](=O)[O-]. The number of hydrogen-bond acceptors (Lipinski definition) is 13. The first-order valence-electron chi connectivity index (χ1n) is 21.8. The number of nitrogens with one attached hydrogen (secondary N) is 7. The van der Waals surface area contributed by atoms with E-state index in [-0.39, 0.29) is 60.9 Å². The quantitative estimate of drug-likeness (QED) is 0.0118. The van der Waals surface area contributed by atoms with Gasteiger partial charge in [-0.05, 0) is 61.2 Å². The molecular weight excluding hydrogens is 877 g/mol. The maximum Gasteiger partial charge on any atom is 0.326 e. The average molecular weight is 941 g/mol. The number of rotatable bonds is 29. The van der Waals surface area contributed by atoms with Gasteiger partial charge in [0.05, 0.1) is 11.7 Å². The standard InChI is InChI=1S/C43H64N12O12/c1-5-7-18-30(50-39(61)34(24(3)6-2)52-40(62)35(25(4)56)53-36(58)27-16-11-12-17-28(27)44)41(63)54(55(66)67)32(23-26-14-9-8-10-15-26)38(60)49-29(20-21-33(45)57)37(59)51-31(42(64)65)19-13-22-48-43(46)47/h8-12,14-17,24-25,29-32,34-35,56H,5-7,13,18-23,44H2,1-4H3,(H2,45,57)(H,49,60)(H,50,61)(H,51,59)(H,52,62)(H,53,58)(H,64,65)(H4,46,47,48)/t24-,25+,29-,30-,31-,32-,34-,35-/m0/s1. The number of nitrogens with zero attached hydrogens (tertiary/aromatic N) is 2. The number of nitrogens with two attached hydrogens (primary N) is 3. The van der Waals surface area contributed by atoms with E-state index in [9.17, 15) is 58.7 Å². The molecule has 0 aliphatic carbocycles. The van der Waals surface area contributed by atoms with Crippen molar-refractivity contribution in [3.8, 4) is 0 Å². The third-order valence-electron chi connectivity index (χ3n) is 10.7. The summed E-state index contributed by atoms with van der Waals surface area (Å²) in [7, 11) is 0. The number of anilines is 1. The van der Waals surface area contributed by atoms with Crippen LogP contribution in [0.2, 0.25) is 0 Å². The smallest absolute Gasteiger partial charge is 0.326 e. The molecule has 0 aliphatic heterocycles. The zero-order valence-corrected chi connectivity index (χ0v) is 38.0. The van der Waals surface area contributed by atoms with Crippen molar-refractivity contribution in [1.82, 2.24) is 36.9 Å². The van der Waals surface area contributed by atoms with E-state index in [0.29, 0.717) is 12.0 Å². The van der Waals surface area contributed by atoms with Crippen molar-refractivity contribution >= 4 is 59.0 Å². The number of para-hydroxylation sites is 1. The van der Waals surface area contributed by atoms with Crippen LogP contribution in [-0.2, 0) is 40.0 Å². The van der Waals surface area contributed by atoms with Crippen molar-refractivity contribution < 1.29 is 53.6 Å². The molecule has 368 valence electrons. The number of carboxylic acids is 1. The number of aliphatic hydroxyl groups excluding tert-OH is 1. The largest absolute Gasteiger partial charge is 0.480 e. The van der Waals surface area contributed by atoms with Gasteiger partial charge in [0.15, 0.2) is 17.0 Å². The Balaban J connectivity index is 2.55. The third kappa shape index (κ3) is 18.2. The fraction of sp³-hybridized carbons (Fsp3) is 0.512. The van der Waals surface area contributed by atoms with Gasteiger partial charge in [-0.3, -0.25) is 39.0 Å². The lowest BCUT2D eigenvalue weighted by molar-refractivity contribution is -0.640. The van der Waals surface area contributed by atoms with Crippen LogP contribution in [0.15, 0.2) is 54.6 Å². The first-order valence-corrected chi connectivity index (χ1v) is 21.8. The molecule has 15 N–H and O–H groups in total. The van der Waals surface area contributed by atoms with Crippen LogP contribution in [0.5, 0.6) is 0 Å². The predicted molar refractivity (Wildman–Crippen MR) is 243 cm³/mol. The number of carbonyl (C=O) groups excluding carboxylic acids is 7. The van der Waals surface area contributed by atoms with Gasteiger partial charge in [0.2, 0.25) is 29.5 Å². The summed E-state index contributed by atoms with van der Waals surface area (Å²) in [5.41, 5.74) is 17.0. The summed E-state index contributed by atoms with van der Waals surface area (Å²) in [6.07, 6.45) is -2.21. The van der Waals surface area contributed by atoms with Crippen molar-refractivity contribution in [2.75, 3.05) is 12.3 Å². The zero-order valence-electron chi connectivity index (χ0n) is 38.0. The Morgan fingerprint density at radius 1 is 0.761 bits per heavy atom. The molecule has 2 aromatic carbocycles. The molecule has 8 atom stereocenters. The summed E-state index contributed by atoms with van der Waals surface area (Å²) in [4.78, 5) is 120. The number of aliphatic carboxylic acids is 1. The number of primary amides is 1. The molecule has 24 nitrogen and oxygen atoms in total. The molecule has 2 rings (SSSR count). The number of hydrazine groups is 1. The molecule has 0 spiro atoms. The summed E-state index contributed by atoms with van der Waals surface area (Å²) in [6.45, 7) is 6.39. The molecule has 24 heteroatoms. The van der Waals surface area contributed by atoms with E-state index in [2.05, 4.69) is 31.9 Å². The average Bonchev–Trinajstić information content (AvgIpc) is 3.27. The highest BCUT2D eigenvalue weighted by Gasteiger charge is 2.44. The number of aliphatic hydroxyl groups is 1.